The van der Waals surface area contributed by atoms with Crippen LogP contribution in [0.15, 0.2) is 22.3 Å². The minimum atomic E-state index is -4.45. The fourth-order valence-electron chi connectivity index (χ4n) is 2.44. The molecule has 0 amide bonds. The van der Waals surface area contributed by atoms with Gasteiger partial charge in [-0.15, -0.1) is 11.3 Å². The fourth-order valence-corrected chi connectivity index (χ4v) is 3.27. The molecule has 8 heteroatoms. The molecule has 1 N–H and O–H groups in total. The highest BCUT2D eigenvalue weighted by atomic mass is 32.1. The Balaban J connectivity index is 2.29. The largest absolute Gasteiger partial charge is 0.393 e. The number of H-pyrrole nitrogens is 1. The molecular formula is C14H12F3N3OS. The topological polar surface area (TPSA) is 50.2 Å². The zero-order valence-corrected chi connectivity index (χ0v) is 12.6. The molecule has 3 aromatic rings. The van der Waals surface area contributed by atoms with Crippen LogP contribution in [-0.2, 0) is 6.42 Å². The van der Waals surface area contributed by atoms with Gasteiger partial charge in [-0.1, -0.05) is 6.07 Å². The number of rotatable bonds is 2. The maximum atomic E-state index is 12.6. The smallest absolute Gasteiger partial charge is 0.293 e. The lowest BCUT2D eigenvalue weighted by atomic mass is 10.1. The first-order valence-electron chi connectivity index (χ1n) is 6.49. The molecule has 0 aliphatic rings. The molecule has 116 valence electrons. The SMILES string of the molecule is Cc1nc2c(-c3cccs3)c(C)[nH]n2c(=O)c1CC(F)(F)F. The first kappa shape index (κ1) is 14.8. The summed E-state index contributed by atoms with van der Waals surface area (Å²) >= 11 is 1.48. The normalized spacial score (nSPS) is 12.2. The van der Waals surface area contributed by atoms with Gasteiger partial charge in [0, 0.05) is 21.8 Å². The second-order valence-electron chi connectivity index (χ2n) is 5.02. The summed E-state index contributed by atoms with van der Waals surface area (Å²) in [6.07, 6.45) is -5.72. The number of nitrogens with one attached hydrogen (secondary N) is 1. The highest BCUT2D eigenvalue weighted by Crippen LogP contribution is 2.31. The Morgan fingerprint density at radius 1 is 1.36 bits per heavy atom. The highest BCUT2D eigenvalue weighted by molar-refractivity contribution is 7.13. The van der Waals surface area contributed by atoms with E-state index in [9.17, 15) is 18.0 Å². The van der Waals surface area contributed by atoms with Crippen molar-refractivity contribution in [2.45, 2.75) is 26.4 Å². The fraction of sp³-hybridized carbons (Fsp3) is 0.286. The molecular weight excluding hydrogens is 315 g/mol. The minimum Gasteiger partial charge on any atom is -0.293 e. The summed E-state index contributed by atoms with van der Waals surface area (Å²) in [5.41, 5.74) is 0.867. The van der Waals surface area contributed by atoms with Crippen molar-refractivity contribution in [3.05, 3.63) is 44.8 Å². The van der Waals surface area contributed by atoms with Gasteiger partial charge in [0.2, 0.25) is 0 Å². The molecule has 4 nitrogen and oxygen atoms in total. The number of halogens is 3. The first-order chi connectivity index (χ1) is 10.3. The van der Waals surface area contributed by atoms with Crippen LogP contribution in [-0.4, -0.2) is 20.8 Å². The van der Waals surface area contributed by atoms with Crippen LogP contribution in [0.3, 0.4) is 0 Å². The van der Waals surface area contributed by atoms with Gasteiger partial charge in [-0.3, -0.25) is 9.89 Å². The monoisotopic (exact) mass is 327 g/mol. The van der Waals surface area contributed by atoms with Gasteiger partial charge in [-0.25, -0.2) is 9.50 Å². The number of aromatic nitrogens is 3. The van der Waals surface area contributed by atoms with Gasteiger partial charge in [-0.05, 0) is 25.3 Å². The van der Waals surface area contributed by atoms with Gasteiger partial charge in [0.15, 0.2) is 5.65 Å². The zero-order valence-electron chi connectivity index (χ0n) is 11.8. The maximum Gasteiger partial charge on any atom is 0.393 e. The average Bonchev–Trinajstić information content (AvgIpc) is 3.01. The van der Waals surface area contributed by atoms with Crippen LogP contribution in [0.5, 0.6) is 0 Å². The molecule has 0 fully saturated rings. The summed E-state index contributed by atoms with van der Waals surface area (Å²) in [7, 11) is 0. The second kappa shape index (κ2) is 4.98. The summed E-state index contributed by atoms with van der Waals surface area (Å²) in [4.78, 5) is 17.5. The summed E-state index contributed by atoms with van der Waals surface area (Å²) in [5.74, 6) is 0. The van der Waals surface area contributed by atoms with Gasteiger partial charge >= 0.3 is 6.18 Å². The molecule has 3 aromatic heterocycles. The lowest BCUT2D eigenvalue weighted by molar-refractivity contribution is -0.127. The van der Waals surface area contributed by atoms with Gasteiger partial charge < -0.3 is 0 Å². The van der Waals surface area contributed by atoms with Crippen LogP contribution in [0, 0.1) is 13.8 Å². The van der Waals surface area contributed by atoms with Gasteiger partial charge in [-0.2, -0.15) is 13.2 Å². The quantitative estimate of drug-likeness (QED) is 0.783. The van der Waals surface area contributed by atoms with Crippen LogP contribution >= 0.6 is 11.3 Å². The van der Waals surface area contributed by atoms with Gasteiger partial charge in [0.25, 0.3) is 5.56 Å². The van der Waals surface area contributed by atoms with E-state index >= 15 is 0 Å². The summed E-state index contributed by atoms with van der Waals surface area (Å²) < 4.78 is 39.0. The van der Waals surface area contributed by atoms with Crippen molar-refractivity contribution in [2.24, 2.45) is 0 Å². The second-order valence-corrected chi connectivity index (χ2v) is 5.97. The number of alkyl halides is 3. The Kier molecular flexibility index (Phi) is 3.36. The van der Waals surface area contributed by atoms with Crippen LogP contribution < -0.4 is 5.56 Å². The number of fused-ring (bicyclic) bond motifs is 1. The number of nitrogens with zero attached hydrogens (tertiary/aromatic N) is 2. The van der Waals surface area contributed by atoms with E-state index in [1.54, 1.807) is 6.92 Å². The molecule has 0 aliphatic heterocycles. The van der Waals surface area contributed by atoms with Crippen molar-refractivity contribution in [2.75, 3.05) is 0 Å². The molecule has 0 saturated carbocycles. The molecule has 0 aliphatic carbocycles. The standard InChI is InChI=1S/C14H12F3N3OS/c1-7-9(6-14(15,16)17)13(21)20-12(18-7)11(8(2)19-20)10-4-3-5-22-10/h3-5,19H,6H2,1-2H3. The van der Waals surface area contributed by atoms with Crippen molar-refractivity contribution in [1.82, 2.24) is 14.6 Å². The molecule has 0 spiro atoms. The van der Waals surface area contributed by atoms with E-state index in [4.69, 9.17) is 0 Å². The number of hydrogen-bond donors (Lipinski definition) is 1. The van der Waals surface area contributed by atoms with Crippen LogP contribution in [0.2, 0.25) is 0 Å². The van der Waals surface area contributed by atoms with Crippen molar-refractivity contribution in [1.29, 1.82) is 0 Å². The van der Waals surface area contributed by atoms with E-state index in [1.165, 1.54) is 18.3 Å². The summed E-state index contributed by atoms with van der Waals surface area (Å²) in [6, 6.07) is 3.75. The van der Waals surface area contributed by atoms with E-state index in [2.05, 4.69) is 10.1 Å². The maximum absolute atomic E-state index is 12.6. The van der Waals surface area contributed by atoms with Crippen molar-refractivity contribution >= 4 is 17.0 Å². The van der Waals surface area contributed by atoms with Gasteiger partial charge in [0.05, 0.1) is 12.0 Å². The lowest BCUT2D eigenvalue weighted by Gasteiger charge is -2.08. The van der Waals surface area contributed by atoms with Crippen LogP contribution in [0.25, 0.3) is 16.1 Å². The predicted molar refractivity (Wildman–Crippen MR) is 78.4 cm³/mol. The Labute approximate surface area is 127 Å². The van der Waals surface area contributed by atoms with Crippen molar-refractivity contribution in [3.63, 3.8) is 0 Å². The third-order valence-corrected chi connectivity index (χ3v) is 4.29. The van der Waals surface area contributed by atoms with E-state index in [0.717, 1.165) is 15.0 Å². The van der Waals surface area contributed by atoms with E-state index in [1.807, 2.05) is 17.5 Å². The molecule has 0 atom stereocenters. The summed E-state index contributed by atoms with van der Waals surface area (Å²) in [6.45, 7) is 3.20. The van der Waals surface area contributed by atoms with E-state index < -0.39 is 18.2 Å². The Hall–Kier alpha value is -2.09. The Morgan fingerprint density at radius 2 is 2.09 bits per heavy atom. The molecule has 0 unspecified atom stereocenters. The first-order valence-corrected chi connectivity index (χ1v) is 7.37. The predicted octanol–water partition coefficient (Wildman–Crippen LogP) is 3.47. The van der Waals surface area contributed by atoms with E-state index in [-0.39, 0.29) is 11.3 Å². The van der Waals surface area contributed by atoms with Crippen molar-refractivity contribution in [3.8, 4) is 10.4 Å². The Morgan fingerprint density at radius 3 is 2.68 bits per heavy atom. The number of aromatic amines is 1. The van der Waals surface area contributed by atoms with Crippen LogP contribution in [0.4, 0.5) is 13.2 Å². The molecule has 22 heavy (non-hydrogen) atoms. The minimum absolute atomic E-state index is 0.110. The highest BCUT2D eigenvalue weighted by Gasteiger charge is 2.31. The molecule has 0 saturated heterocycles. The Bertz CT molecular complexity index is 891. The molecule has 0 aromatic carbocycles. The number of hydrogen-bond acceptors (Lipinski definition) is 3. The molecule has 0 radical (unpaired) electrons. The van der Waals surface area contributed by atoms with Crippen molar-refractivity contribution < 1.29 is 13.2 Å². The molecule has 0 bridgehead atoms. The summed E-state index contributed by atoms with van der Waals surface area (Å²) in [5, 5.41) is 4.71. The number of thiophene rings is 1. The zero-order chi connectivity index (χ0) is 16.1. The number of aryl methyl sites for hydroxylation is 2. The lowest BCUT2D eigenvalue weighted by Crippen LogP contribution is -2.26. The third kappa shape index (κ3) is 2.43. The van der Waals surface area contributed by atoms with E-state index in [0.29, 0.717) is 11.3 Å². The third-order valence-electron chi connectivity index (χ3n) is 3.41. The van der Waals surface area contributed by atoms with Crippen LogP contribution in [0.1, 0.15) is 17.0 Å². The average molecular weight is 327 g/mol. The molecule has 3 heterocycles. The van der Waals surface area contributed by atoms with Gasteiger partial charge in [0.1, 0.15) is 0 Å². The molecule has 3 rings (SSSR count).